The van der Waals surface area contributed by atoms with Crippen LogP contribution >= 0.6 is 11.6 Å². The van der Waals surface area contributed by atoms with Gasteiger partial charge in [-0.15, -0.1) is 0 Å². The van der Waals surface area contributed by atoms with Gasteiger partial charge in [-0.3, -0.25) is 0 Å². The molecule has 1 N–H and O–H groups in total. The first-order valence-corrected chi connectivity index (χ1v) is 9.28. The molecule has 10 heteroatoms. The van der Waals surface area contributed by atoms with Gasteiger partial charge in [-0.05, 0) is 42.8 Å². The Hall–Kier alpha value is -2.10. The summed E-state index contributed by atoms with van der Waals surface area (Å²) in [5, 5.41) is -0.232. The van der Waals surface area contributed by atoms with E-state index in [9.17, 15) is 17.2 Å². The van der Waals surface area contributed by atoms with E-state index in [-0.39, 0.29) is 22.5 Å². The molecule has 0 saturated carbocycles. The van der Waals surface area contributed by atoms with E-state index in [2.05, 4.69) is 9.46 Å². The molecule has 1 aliphatic heterocycles. The maximum atomic E-state index is 12.5. The third-order valence-electron chi connectivity index (χ3n) is 3.66. The average molecular weight is 406 g/mol. The first-order valence-electron chi connectivity index (χ1n) is 7.42. The third-order valence-corrected chi connectivity index (χ3v) is 5.49. The smallest absolute Gasteiger partial charge is 0.387 e. The number of ether oxygens (including phenoxy) is 3. The molecule has 1 heterocycles. The number of benzene rings is 2. The molecule has 0 bridgehead atoms. The molecule has 3 rings (SSSR count). The maximum Gasteiger partial charge on any atom is 0.387 e. The van der Waals surface area contributed by atoms with Gasteiger partial charge in [-0.25, -0.2) is 13.1 Å². The zero-order valence-corrected chi connectivity index (χ0v) is 15.0. The average Bonchev–Trinajstić information content (AvgIpc) is 3.03. The molecular weight excluding hydrogens is 392 g/mol. The molecule has 1 aliphatic rings. The third kappa shape index (κ3) is 4.00. The van der Waals surface area contributed by atoms with E-state index in [0.29, 0.717) is 17.1 Å². The Kier molecular flexibility index (Phi) is 5.22. The quantitative estimate of drug-likeness (QED) is 0.793. The highest BCUT2D eigenvalue weighted by molar-refractivity contribution is 7.89. The van der Waals surface area contributed by atoms with Crippen molar-refractivity contribution in [1.29, 1.82) is 0 Å². The van der Waals surface area contributed by atoms with Crippen LogP contribution in [0.25, 0.3) is 0 Å². The van der Waals surface area contributed by atoms with E-state index in [1.807, 2.05) is 0 Å². The molecular formula is C16H14ClF2NO5S. The van der Waals surface area contributed by atoms with Crippen molar-refractivity contribution in [2.75, 3.05) is 6.79 Å². The Labute approximate surface area is 153 Å². The summed E-state index contributed by atoms with van der Waals surface area (Å²) in [4.78, 5) is -0.170. The predicted molar refractivity (Wildman–Crippen MR) is 89.4 cm³/mol. The van der Waals surface area contributed by atoms with Gasteiger partial charge in [-0.1, -0.05) is 17.7 Å². The summed E-state index contributed by atoms with van der Waals surface area (Å²) in [7, 11) is -3.94. The van der Waals surface area contributed by atoms with Crippen LogP contribution in [0, 0.1) is 0 Å². The second-order valence-electron chi connectivity index (χ2n) is 5.43. The number of sulfonamides is 1. The second-order valence-corrected chi connectivity index (χ2v) is 7.55. The van der Waals surface area contributed by atoms with Crippen molar-refractivity contribution in [2.24, 2.45) is 0 Å². The van der Waals surface area contributed by atoms with Crippen LogP contribution in [-0.4, -0.2) is 21.8 Å². The molecule has 0 aliphatic carbocycles. The lowest BCUT2D eigenvalue weighted by molar-refractivity contribution is -0.0498. The van der Waals surface area contributed by atoms with Gasteiger partial charge >= 0.3 is 6.61 Å². The Morgan fingerprint density at radius 3 is 2.58 bits per heavy atom. The van der Waals surface area contributed by atoms with Crippen molar-refractivity contribution < 1.29 is 31.4 Å². The molecule has 1 unspecified atom stereocenters. The van der Waals surface area contributed by atoms with Crippen LogP contribution in [0.1, 0.15) is 18.5 Å². The highest BCUT2D eigenvalue weighted by Crippen LogP contribution is 2.34. The molecule has 1 atom stereocenters. The van der Waals surface area contributed by atoms with Crippen molar-refractivity contribution in [3.63, 3.8) is 0 Å². The minimum atomic E-state index is -3.94. The van der Waals surface area contributed by atoms with E-state index >= 15 is 0 Å². The normalized spacial score (nSPS) is 14.5. The number of hydrogen-bond donors (Lipinski definition) is 1. The topological polar surface area (TPSA) is 73.9 Å². The predicted octanol–water partition coefficient (Wildman–Crippen LogP) is 3.71. The summed E-state index contributed by atoms with van der Waals surface area (Å²) in [6, 6.07) is 7.77. The lowest BCUT2D eigenvalue weighted by atomic mass is 10.1. The molecule has 6 nitrogen and oxygen atoms in total. The van der Waals surface area contributed by atoms with Gasteiger partial charge < -0.3 is 14.2 Å². The number of halogens is 3. The molecule has 0 saturated heterocycles. The van der Waals surface area contributed by atoms with Gasteiger partial charge in [0.05, 0.1) is 9.92 Å². The molecule has 0 amide bonds. The summed E-state index contributed by atoms with van der Waals surface area (Å²) < 4.78 is 66.7. The van der Waals surface area contributed by atoms with E-state index in [0.717, 1.165) is 18.2 Å². The van der Waals surface area contributed by atoms with Crippen molar-refractivity contribution in [1.82, 2.24) is 4.72 Å². The largest absolute Gasteiger partial charge is 0.454 e. The van der Waals surface area contributed by atoms with Crippen LogP contribution in [-0.2, 0) is 10.0 Å². The first kappa shape index (κ1) is 18.7. The van der Waals surface area contributed by atoms with Crippen LogP contribution in [0.4, 0.5) is 8.78 Å². The first-order chi connectivity index (χ1) is 12.3. The fourth-order valence-electron chi connectivity index (χ4n) is 2.39. The SMILES string of the molecule is CC(NS(=O)(=O)c1ccc(OC(F)F)c(Cl)c1)c1ccc2c(c1)OCO2. The van der Waals surface area contributed by atoms with E-state index in [1.54, 1.807) is 25.1 Å². The molecule has 140 valence electrons. The zero-order chi connectivity index (χ0) is 18.9. The number of fused-ring (bicyclic) bond motifs is 1. The van der Waals surface area contributed by atoms with E-state index < -0.39 is 22.7 Å². The fourth-order valence-corrected chi connectivity index (χ4v) is 3.94. The summed E-state index contributed by atoms with van der Waals surface area (Å²) in [6.07, 6.45) is 0. The maximum absolute atomic E-state index is 12.5. The number of hydrogen-bond acceptors (Lipinski definition) is 5. The molecule has 2 aromatic carbocycles. The summed E-state index contributed by atoms with van der Waals surface area (Å²) in [5.41, 5.74) is 0.668. The van der Waals surface area contributed by atoms with Crippen molar-refractivity contribution in [3.05, 3.63) is 47.0 Å². The van der Waals surface area contributed by atoms with Crippen LogP contribution in [0.15, 0.2) is 41.3 Å². The van der Waals surface area contributed by atoms with Crippen LogP contribution in [0.3, 0.4) is 0 Å². The van der Waals surface area contributed by atoms with Crippen molar-refractivity contribution in [2.45, 2.75) is 24.5 Å². The highest BCUT2D eigenvalue weighted by atomic mass is 35.5. The van der Waals surface area contributed by atoms with E-state index in [4.69, 9.17) is 21.1 Å². The molecule has 0 aromatic heterocycles. The highest BCUT2D eigenvalue weighted by Gasteiger charge is 2.22. The van der Waals surface area contributed by atoms with Gasteiger partial charge in [0.25, 0.3) is 0 Å². The minimum absolute atomic E-state index is 0.116. The second kappa shape index (κ2) is 7.26. The Morgan fingerprint density at radius 2 is 1.88 bits per heavy atom. The lowest BCUT2D eigenvalue weighted by Crippen LogP contribution is -2.26. The van der Waals surface area contributed by atoms with Crippen LogP contribution in [0.5, 0.6) is 17.2 Å². The lowest BCUT2D eigenvalue weighted by Gasteiger charge is -2.16. The monoisotopic (exact) mass is 405 g/mol. The summed E-state index contributed by atoms with van der Waals surface area (Å²) in [5.74, 6) is 0.819. The van der Waals surface area contributed by atoms with Gasteiger partial charge in [0, 0.05) is 6.04 Å². The Morgan fingerprint density at radius 1 is 1.15 bits per heavy atom. The van der Waals surface area contributed by atoms with Crippen molar-refractivity contribution in [3.8, 4) is 17.2 Å². The van der Waals surface area contributed by atoms with Gasteiger partial charge in [-0.2, -0.15) is 8.78 Å². The van der Waals surface area contributed by atoms with E-state index in [1.165, 1.54) is 0 Å². The zero-order valence-electron chi connectivity index (χ0n) is 13.4. The van der Waals surface area contributed by atoms with Crippen LogP contribution < -0.4 is 18.9 Å². The summed E-state index contributed by atoms with van der Waals surface area (Å²) in [6.45, 7) is -1.28. The molecule has 0 radical (unpaired) electrons. The van der Waals surface area contributed by atoms with Crippen molar-refractivity contribution >= 4 is 21.6 Å². The fraction of sp³-hybridized carbons (Fsp3) is 0.250. The van der Waals surface area contributed by atoms with Gasteiger partial charge in [0.15, 0.2) is 11.5 Å². The minimum Gasteiger partial charge on any atom is -0.454 e. The Bertz CT molecular complexity index is 923. The number of rotatable bonds is 6. The van der Waals surface area contributed by atoms with Gasteiger partial charge in [0.2, 0.25) is 16.8 Å². The molecule has 2 aromatic rings. The van der Waals surface area contributed by atoms with Crippen LogP contribution in [0.2, 0.25) is 5.02 Å². The standard InChI is InChI=1S/C16H14ClF2NO5S/c1-9(10-2-4-14-15(6-10)24-8-23-14)20-26(21,22)11-3-5-13(12(17)7-11)25-16(18)19/h2-7,9,16,20H,8H2,1H3. The summed E-state index contributed by atoms with van der Waals surface area (Å²) >= 11 is 5.82. The molecule has 0 spiro atoms. The number of nitrogens with one attached hydrogen (secondary N) is 1. The number of alkyl halides is 2. The van der Waals surface area contributed by atoms with Gasteiger partial charge in [0.1, 0.15) is 5.75 Å². The Balaban J connectivity index is 1.79. The molecule has 26 heavy (non-hydrogen) atoms. The molecule has 0 fully saturated rings.